The maximum Gasteiger partial charge on any atom is 0.349 e. The minimum Gasteiger partial charge on any atom is -0.482 e. The number of carbonyl (C=O) groups excluding carboxylic acids is 2. The predicted molar refractivity (Wildman–Crippen MR) is 79.0 cm³/mol. The van der Waals surface area contributed by atoms with Gasteiger partial charge in [-0.2, -0.15) is 0 Å². The molecule has 0 aromatic heterocycles. The van der Waals surface area contributed by atoms with E-state index < -0.39 is 5.97 Å². The Kier molecular flexibility index (Phi) is 4.95. The maximum atomic E-state index is 11.6. The van der Waals surface area contributed by atoms with Gasteiger partial charge >= 0.3 is 5.97 Å². The van der Waals surface area contributed by atoms with Crippen molar-refractivity contribution < 1.29 is 19.1 Å². The summed E-state index contributed by atoms with van der Waals surface area (Å²) in [6, 6.07) is 13.1. The molecule has 5 heteroatoms. The van der Waals surface area contributed by atoms with Gasteiger partial charge in [0.2, 0.25) is 0 Å². The molecule has 21 heavy (non-hydrogen) atoms. The van der Waals surface area contributed by atoms with Gasteiger partial charge in [0.05, 0.1) is 0 Å². The molecule has 0 aliphatic rings. The first-order chi connectivity index (χ1) is 10.0. The molecule has 0 bridgehead atoms. The second-order valence-corrected chi connectivity index (χ2v) is 4.74. The Hall–Kier alpha value is -2.33. The number of hydrogen-bond acceptors (Lipinski definition) is 4. The Bertz CT molecular complexity index is 650. The standard InChI is InChI=1S/C16H13ClO4/c1-11(18)12-5-7-14(8-6-12)21-16(19)10-20-15-4-2-3-13(17)9-15/h2-9H,10H2,1H3. The van der Waals surface area contributed by atoms with E-state index in [2.05, 4.69) is 0 Å². The summed E-state index contributed by atoms with van der Waals surface area (Å²) in [7, 11) is 0. The van der Waals surface area contributed by atoms with E-state index in [4.69, 9.17) is 21.1 Å². The van der Waals surface area contributed by atoms with E-state index in [1.165, 1.54) is 6.92 Å². The normalized spacial score (nSPS) is 10.0. The Morgan fingerprint density at radius 1 is 1.05 bits per heavy atom. The molecule has 0 saturated heterocycles. The lowest BCUT2D eigenvalue weighted by Crippen LogP contribution is -2.17. The number of esters is 1. The average molecular weight is 305 g/mol. The molecule has 2 aromatic rings. The van der Waals surface area contributed by atoms with Crippen LogP contribution in [0.5, 0.6) is 11.5 Å². The first kappa shape index (κ1) is 15.1. The van der Waals surface area contributed by atoms with Crippen molar-refractivity contribution in [2.45, 2.75) is 6.92 Å². The molecule has 0 aliphatic carbocycles. The summed E-state index contributed by atoms with van der Waals surface area (Å²) in [4.78, 5) is 22.8. The summed E-state index contributed by atoms with van der Waals surface area (Å²) in [5.74, 6) is 0.272. The van der Waals surface area contributed by atoms with Gasteiger partial charge < -0.3 is 9.47 Å². The Morgan fingerprint density at radius 3 is 2.38 bits per heavy atom. The first-order valence-corrected chi connectivity index (χ1v) is 6.62. The molecule has 0 spiro atoms. The van der Waals surface area contributed by atoms with Crippen molar-refractivity contribution in [3.63, 3.8) is 0 Å². The van der Waals surface area contributed by atoms with Crippen molar-refractivity contribution in [2.75, 3.05) is 6.61 Å². The van der Waals surface area contributed by atoms with Crippen LogP contribution in [0.1, 0.15) is 17.3 Å². The molecular formula is C16H13ClO4. The van der Waals surface area contributed by atoms with Gasteiger partial charge in [-0.3, -0.25) is 4.79 Å². The van der Waals surface area contributed by atoms with E-state index in [0.717, 1.165) is 0 Å². The molecule has 0 atom stereocenters. The molecule has 0 radical (unpaired) electrons. The van der Waals surface area contributed by atoms with Crippen molar-refractivity contribution in [2.24, 2.45) is 0 Å². The molecule has 4 nitrogen and oxygen atoms in total. The Balaban J connectivity index is 1.88. The molecule has 2 rings (SSSR count). The van der Waals surface area contributed by atoms with E-state index in [9.17, 15) is 9.59 Å². The monoisotopic (exact) mass is 304 g/mol. The number of ketones is 1. The quantitative estimate of drug-likeness (QED) is 0.482. The van der Waals surface area contributed by atoms with Crippen molar-refractivity contribution in [1.29, 1.82) is 0 Å². The van der Waals surface area contributed by atoms with Crippen LogP contribution in [0, 0.1) is 0 Å². The third-order valence-electron chi connectivity index (χ3n) is 2.65. The van der Waals surface area contributed by atoms with Gasteiger partial charge in [0.25, 0.3) is 0 Å². The van der Waals surface area contributed by atoms with Crippen molar-refractivity contribution >= 4 is 23.4 Å². The van der Waals surface area contributed by atoms with Crippen LogP contribution in [0.3, 0.4) is 0 Å². The minimum absolute atomic E-state index is 0.0443. The summed E-state index contributed by atoms with van der Waals surface area (Å²) in [5, 5.41) is 0.528. The van der Waals surface area contributed by atoms with E-state index in [0.29, 0.717) is 22.1 Å². The number of rotatable bonds is 5. The molecule has 0 aliphatic heterocycles. The van der Waals surface area contributed by atoms with Crippen LogP contribution in [-0.4, -0.2) is 18.4 Å². The van der Waals surface area contributed by atoms with Gasteiger partial charge in [0.1, 0.15) is 11.5 Å². The fourth-order valence-electron chi connectivity index (χ4n) is 1.62. The Labute approximate surface area is 127 Å². The van der Waals surface area contributed by atoms with Crippen LogP contribution in [-0.2, 0) is 4.79 Å². The topological polar surface area (TPSA) is 52.6 Å². The van der Waals surface area contributed by atoms with Gasteiger partial charge in [-0.05, 0) is 49.4 Å². The van der Waals surface area contributed by atoms with Crippen LogP contribution in [0.15, 0.2) is 48.5 Å². The lowest BCUT2D eigenvalue weighted by molar-refractivity contribution is -0.136. The van der Waals surface area contributed by atoms with Gasteiger partial charge in [-0.1, -0.05) is 17.7 Å². The Morgan fingerprint density at radius 2 is 1.76 bits per heavy atom. The van der Waals surface area contributed by atoms with Gasteiger partial charge in [0, 0.05) is 10.6 Å². The third-order valence-corrected chi connectivity index (χ3v) is 2.88. The number of ether oxygens (including phenoxy) is 2. The highest BCUT2D eigenvalue weighted by atomic mass is 35.5. The maximum absolute atomic E-state index is 11.6. The summed E-state index contributed by atoms with van der Waals surface area (Å²) >= 11 is 5.81. The zero-order chi connectivity index (χ0) is 15.2. The van der Waals surface area contributed by atoms with Crippen molar-refractivity contribution in [3.05, 3.63) is 59.1 Å². The highest BCUT2D eigenvalue weighted by Gasteiger charge is 2.07. The molecule has 0 fully saturated rings. The number of carbonyl (C=O) groups is 2. The fourth-order valence-corrected chi connectivity index (χ4v) is 1.80. The van der Waals surface area contributed by atoms with E-state index in [-0.39, 0.29) is 12.4 Å². The predicted octanol–water partition coefficient (Wildman–Crippen LogP) is 3.53. The smallest absolute Gasteiger partial charge is 0.349 e. The molecule has 0 N–H and O–H groups in total. The van der Waals surface area contributed by atoms with Crippen LogP contribution in [0.2, 0.25) is 5.02 Å². The molecular weight excluding hydrogens is 292 g/mol. The van der Waals surface area contributed by atoms with E-state index in [1.54, 1.807) is 48.5 Å². The lowest BCUT2D eigenvalue weighted by Gasteiger charge is -2.07. The van der Waals surface area contributed by atoms with Crippen LogP contribution in [0.25, 0.3) is 0 Å². The number of benzene rings is 2. The van der Waals surface area contributed by atoms with Gasteiger partial charge in [0.15, 0.2) is 12.4 Å². The summed E-state index contributed by atoms with van der Waals surface area (Å²) < 4.78 is 10.4. The summed E-state index contributed by atoms with van der Waals surface area (Å²) in [6.07, 6.45) is 0. The highest BCUT2D eigenvalue weighted by Crippen LogP contribution is 2.17. The second kappa shape index (κ2) is 6.90. The van der Waals surface area contributed by atoms with Crippen LogP contribution < -0.4 is 9.47 Å². The van der Waals surface area contributed by atoms with Gasteiger partial charge in [-0.25, -0.2) is 4.79 Å². The molecule has 0 amide bonds. The summed E-state index contributed by atoms with van der Waals surface area (Å²) in [6.45, 7) is 1.24. The molecule has 0 unspecified atom stereocenters. The van der Waals surface area contributed by atoms with Crippen LogP contribution in [0.4, 0.5) is 0 Å². The third kappa shape index (κ3) is 4.61. The number of Topliss-reactive ketones (excluding diaryl/α,β-unsaturated/α-hetero) is 1. The summed E-state index contributed by atoms with van der Waals surface area (Å²) in [5.41, 5.74) is 0.560. The first-order valence-electron chi connectivity index (χ1n) is 6.24. The zero-order valence-electron chi connectivity index (χ0n) is 11.3. The number of hydrogen-bond donors (Lipinski definition) is 0. The van der Waals surface area contributed by atoms with E-state index in [1.807, 2.05) is 0 Å². The average Bonchev–Trinajstić information content (AvgIpc) is 2.46. The molecule has 2 aromatic carbocycles. The molecule has 0 heterocycles. The zero-order valence-corrected chi connectivity index (χ0v) is 12.1. The van der Waals surface area contributed by atoms with E-state index >= 15 is 0 Å². The number of halogens is 1. The highest BCUT2D eigenvalue weighted by molar-refractivity contribution is 6.30. The van der Waals surface area contributed by atoms with Crippen molar-refractivity contribution in [3.8, 4) is 11.5 Å². The van der Waals surface area contributed by atoms with Crippen LogP contribution >= 0.6 is 11.6 Å². The largest absolute Gasteiger partial charge is 0.482 e. The SMILES string of the molecule is CC(=O)c1ccc(OC(=O)COc2cccc(Cl)c2)cc1. The fraction of sp³-hybridized carbons (Fsp3) is 0.125. The molecule has 108 valence electrons. The second-order valence-electron chi connectivity index (χ2n) is 4.30. The minimum atomic E-state index is -0.537. The van der Waals surface area contributed by atoms with Crippen molar-refractivity contribution in [1.82, 2.24) is 0 Å². The lowest BCUT2D eigenvalue weighted by atomic mass is 10.1. The molecule has 0 saturated carbocycles. The van der Waals surface area contributed by atoms with Gasteiger partial charge in [-0.15, -0.1) is 0 Å².